The average molecular weight is 515 g/mol. The predicted octanol–water partition coefficient (Wildman–Crippen LogP) is 4.29. The van der Waals surface area contributed by atoms with E-state index < -0.39 is 0 Å². The Morgan fingerprint density at radius 2 is 1.65 bits per heavy atom. The van der Waals surface area contributed by atoms with E-state index in [-0.39, 0.29) is 18.4 Å². The van der Waals surface area contributed by atoms with Crippen LogP contribution in [-0.4, -0.2) is 69.4 Å². The first-order valence-corrected chi connectivity index (χ1v) is 12.5. The van der Waals surface area contributed by atoms with Crippen LogP contribution < -0.4 is 5.32 Å². The lowest BCUT2D eigenvalue weighted by molar-refractivity contribution is -0.133. The van der Waals surface area contributed by atoms with Gasteiger partial charge in [0.1, 0.15) is 12.4 Å². The number of carbonyl (C=O) groups excluding carboxylic acids is 2. The number of benzene rings is 2. The molecule has 3 heterocycles. The number of anilines is 1. The van der Waals surface area contributed by atoms with E-state index in [4.69, 9.17) is 11.6 Å². The number of pyridine rings is 1. The molecular weight excluding hydrogens is 488 g/mol. The SMILES string of the molecule is CN1CCN(C(=O)Cn2cnc(-c3ccc(Cl)cc3)c2-c2ccnc(NC(=O)c3ccccc3)c2)CC1. The van der Waals surface area contributed by atoms with Crippen LogP contribution >= 0.6 is 11.6 Å². The number of amides is 2. The largest absolute Gasteiger partial charge is 0.339 e. The highest BCUT2D eigenvalue weighted by atomic mass is 35.5. The van der Waals surface area contributed by atoms with E-state index in [0.717, 1.165) is 35.6 Å². The summed E-state index contributed by atoms with van der Waals surface area (Å²) >= 11 is 6.12. The molecule has 0 atom stereocenters. The van der Waals surface area contributed by atoms with E-state index in [2.05, 4.69) is 27.2 Å². The summed E-state index contributed by atoms with van der Waals surface area (Å²) in [7, 11) is 2.06. The van der Waals surface area contributed by atoms with Gasteiger partial charge in [-0.25, -0.2) is 9.97 Å². The monoisotopic (exact) mass is 514 g/mol. The van der Waals surface area contributed by atoms with Crippen LogP contribution in [0, 0.1) is 0 Å². The van der Waals surface area contributed by atoms with Crippen molar-refractivity contribution in [2.24, 2.45) is 0 Å². The number of nitrogens with zero attached hydrogens (tertiary/aromatic N) is 5. The van der Waals surface area contributed by atoms with E-state index >= 15 is 0 Å². The Hall–Kier alpha value is -4.01. The molecule has 0 spiro atoms. The van der Waals surface area contributed by atoms with Gasteiger partial charge in [-0.3, -0.25) is 9.59 Å². The third kappa shape index (κ3) is 5.71. The van der Waals surface area contributed by atoms with Crippen molar-refractivity contribution in [3.8, 4) is 22.5 Å². The van der Waals surface area contributed by atoms with Crippen LogP contribution in [0.3, 0.4) is 0 Å². The predicted molar refractivity (Wildman–Crippen MR) is 144 cm³/mol. The maximum atomic E-state index is 13.2. The fourth-order valence-corrected chi connectivity index (χ4v) is 4.48. The highest BCUT2D eigenvalue weighted by molar-refractivity contribution is 6.30. The van der Waals surface area contributed by atoms with Crippen molar-refractivity contribution in [1.82, 2.24) is 24.3 Å². The van der Waals surface area contributed by atoms with Gasteiger partial charge in [-0.15, -0.1) is 0 Å². The number of halogens is 1. The number of likely N-dealkylation sites (N-methyl/N-ethyl adjacent to an activating group) is 1. The van der Waals surface area contributed by atoms with Crippen LogP contribution in [0.5, 0.6) is 0 Å². The molecule has 0 radical (unpaired) electrons. The minimum Gasteiger partial charge on any atom is -0.339 e. The Labute approximate surface area is 220 Å². The molecule has 2 amide bonds. The molecule has 4 aromatic rings. The van der Waals surface area contributed by atoms with Gasteiger partial charge in [-0.2, -0.15) is 0 Å². The summed E-state index contributed by atoms with van der Waals surface area (Å²) in [6, 6.07) is 20.1. The Kier molecular flexibility index (Phi) is 7.30. The average Bonchev–Trinajstić information content (AvgIpc) is 3.33. The fourth-order valence-electron chi connectivity index (χ4n) is 4.35. The van der Waals surface area contributed by atoms with Crippen molar-refractivity contribution < 1.29 is 9.59 Å². The lowest BCUT2D eigenvalue weighted by Gasteiger charge is -2.32. The Bertz CT molecular complexity index is 1400. The maximum Gasteiger partial charge on any atom is 0.256 e. The smallest absolute Gasteiger partial charge is 0.256 e. The summed E-state index contributed by atoms with van der Waals surface area (Å²) < 4.78 is 1.86. The normalized spacial score (nSPS) is 13.9. The molecular formula is C28H27ClN6O2. The number of hydrogen-bond donors (Lipinski definition) is 1. The molecule has 0 aliphatic carbocycles. The number of rotatable bonds is 6. The number of piperazine rings is 1. The van der Waals surface area contributed by atoms with Gasteiger partial charge in [-0.1, -0.05) is 41.9 Å². The third-order valence-corrected chi connectivity index (χ3v) is 6.68. The van der Waals surface area contributed by atoms with Gasteiger partial charge in [-0.05, 0) is 43.4 Å². The minimum absolute atomic E-state index is 0.0427. The van der Waals surface area contributed by atoms with Crippen molar-refractivity contribution in [1.29, 1.82) is 0 Å². The molecule has 0 saturated carbocycles. The van der Waals surface area contributed by atoms with Crippen LogP contribution in [0.2, 0.25) is 5.02 Å². The second-order valence-electron chi connectivity index (χ2n) is 9.01. The van der Waals surface area contributed by atoms with Gasteiger partial charge in [0.05, 0.1) is 17.7 Å². The van der Waals surface area contributed by atoms with Crippen molar-refractivity contribution >= 4 is 29.2 Å². The molecule has 9 heteroatoms. The van der Waals surface area contributed by atoms with Gasteiger partial charge >= 0.3 is 0 Å². The number of nitrogens with one attached hydrogen (secondary N) is 1. The zero-order valence-electron chi connectivity index (χ0n) is 20.5. The van der Waals surface area contributed by atoms with Gasteiger partial charge in [0, 0.05) is 54.1 Å². The van der Waals surface area contributed by atoms with Crippen molar-refractivity contribution in [3.63, 3.8) is 0 Å². The summed E-state index contributed by atoms with van der Waals surface area (Å²) in [5.41, 5.74) is 3.68. The van der Waals surface area contributed by atoms with Gasteiger partial charge in [0.15, 0.2) is 0 Å². The highest BCUT2D eigenvalue weighted by Crippen LogP contribution is 2.33. The van der Waals surface area contributed by atoms with Gasteiger partial charge in [0.25, 0.3) is 5.91 Å². The summed E-state index contributed by atoms with van der Waals surface area (Å²) in [4.78, 5) is 39.0. The molecule has 1 N–H and O–H groups in total. The molecule has 0 bridgehead atoms. The van der Waals surface area contributed by atoms with Crippen LogP contribution in [-0.2, 0) is 11.3 Å². The molecule has 37 heavy (non-hydrogen) atoms. The van der Waals surface area contributed by atoms with E-state index in [9.17, 15) is 9.59 Å². The van der Waals surface area contributed by atoms with Crippen molar-refractivity contribution in [3.05, 3.63) is 89.8 Å². The lowest BCUT2D eigenvalue weighted by atomic mass is 10.1. The zero-order valence-corrected chi connectivity index (χ0v) is 21.2. The number of hydrogen-bond acceptors (Lipinski definition) is 5. The van der Waals surface area contributed by atoms with Crippen LogP contribution in [0.15, 0.2) is 79.3 Å². The van der Waals surface area contributed by atoms with E-state index in [1.807, 2.05) is 58.0 Å². The molecule has 5 rings (SSSR count). The first kappa shape index (κ1) is 24.7. The molecule has 2 aromatic heterocycles. The molecule has 1 aliphatic rings. The lowest BCUT2D eigenvalue weighted by Crippen LogP contribution is -2.48. The molecule has 2 aromatic carbocycles. The number of aromatic nitrogens is 3. The number of imidazole rings is 1. The van der Waals surface area contributed by atoms with Crippen LogP contribution in [0.25, 0.3) is 22.5 Å². The van der Waals surface area contributed by atoms with Gasteiger partial charge < -0.3 is 19.7 Å². The third-order valence-electron chi connectivity index (χ3n) is 6.43. The first-order valence-electron chi connectivity index (χ1n) is 12.1. The molecule has 1 aliphatic heterocycles. The minimum atomic E-state index is -0.248. The summed E-state index contributed by atoms with van der Waals surface area (Å²) in [5.74, 6) is 0.203. The Morgan fingerprint density at radius 1 is 0.919 bits per heavy atom. The summed E-state index contributed by atoms with van der Waals surface area (Å²) in [6.45, 7) is 3.27. The highest BCUT2D eigenvalue weighted by Gasteiger charge is 2.22. The van der Waals surface area contributed by atoms with Crippen LogP contribution in [0.1, 0.15) is 10.4 Å². The van der Waals surface area contributed by atoms with Crippen molar-refractivity contribution in [2.45, 2.75) is 6.54 Å². The fraction of sp³-hybridized carbons (Fsp3) is 0.214. The molecule has 1 fully saturated rings. The first-order chi connectivity index (χ1) is 18.0. The Morgan fingerprint density at radius 3 is 2.38 bits per heavy atom. The summed E-state index contributed by atoms with van der Waals surface area (Å²) in [5, 5.41) is 3.50. The maximum absolute atomic E-state index is 13.2. The molecule has 0 unspecified atom stereocenters. The molecule has 188 valence electrons. The van der Waals surface area contributed by atoms with E-state index in [1.165, 1.54) is 0 Å². The number of carbonyl (C=O) groups is 2. The quantitative estimate of drug-likeness (QED) is 0.415. The zero-order chi connectivity index (χ0) is 25.8. The van der Waals surface area contributed by atoms with E-state index in [1.54, 1.807) is 30.7 Å². The standard InChI is InChI=1S/C28H27ClN6O2/c1-33-13-15-34(16-14-33)25(36)18-35-19-31-26(20-7-9-23(29)10-8-20)27(35)22-11-12-30-24(17-22)32-28(37)21-5-3-2-4-6-21/h2-12,17,19H,13-16,18H2,1H3,(H,30,32,37). The Balaban J connectivity index is 1.48. The topological polar surface area (TPSA) is 83.4 Å². The van der Waals surface area contributed by atoms with Gasteiger partial charge in [0.2, 0.25) is 5.91 Å². The second-order valence-corrected chi connectivity index (χ2v) is 9.45. The van der Waals surface area contributed by atoms with Crippen molar-refractivity contribution in [2.75, 3.05) is 38.5 Å². The molecule has 1 saturated heterocycles. The van der Waals surface area contributed by atoms with Crippen LogP contribution in [0.4, 0.5) is 5.82 Å². The molecule has 8 nitrogen and oxygen atoms in total. The summed E-state index contributed by atoms with van der Waals surface area (Å²) in [6.07, 6.45) is 3.33. The second kappa shape index (κ2) is 10.9. The van der Waals surface area contributed by atoms with E-state index in [0.29, 0.717) is 29.5 Å².